The molecule has 2 N–H and O–H groups in total. The minimum Gasteiger partial charge on any atom is -0.459 e. The van der Waals surface area contributed by atoms with Gasteiger partial charge >= 0.3 is 0 Å². The zero-order chi connectivity index (χ0) is 22.1. The van der Waals surface area contributed by atoms with Gasteiger partial charge in [-0.15, -0.1) is 11.3 Å². The van der Waals surface area contributed by atoms with Gasteiger partial charge in [-0.05, 0) is 58.4 Å². The van der Waals surface area contributed by atoms with E-state index in [9.17, 15) is 13.2 Å². The molecule has 9 heteroatoms. The van der Waals surface area contributed by atoms with Gasteiger partial charge in [0.2, 0.25) is 10.0 Å². The first-order valence-corrected chi connectivity index (χ1v) is 11.7. The maximum atomic E-state index is 12.8. The van der Waals surface area contributed by atoms with E-state index in [1.165, 1.54) is 17.4 Å². The maximum Gasteiger partial charge on any atom is 0.263 e. The molecule has 0 atom stereocenters. The summed E-state index contributed by atoms with van der Waals surface area (Å²) in [6.07, 6.45) is 0. The molecule has 3 aromatic rings. The molecule has 0 saturated carbocycles. The number of rotatable bonds is 6. The summed E-state index contributed by atoms with van der Waals surface area (Å²) in [6.45, 7) is 9.01. The molecule has 2 aromatic heterocycles. The van der Waals surface area contributed by atoms with Gasteiger partial charge in [-0.2, -0.15) is 0 Å². The van der Waals surface area contributed by atoms with Gasteiger partial charge in [0.15, 0.2) is 10.8 Å². The molecule has 0 saturated heterocycles. The van der Waals surface area contributed by atoms with E-state index in [0.717, 1.165) is 5.76 Å². The predicted octanol–water partition coefficient (Wildman–Crippen LogP) is 4.03. The first kappa shape index (κ1) is 22.2. The van der Waals surface area contributed by atoms with E-state index < -0.39 is 15.6 Å². The van der Waals surface area contributed by atoms with E-state index in [1.807, 2.05) is 19.1 Å². The second-order valence-electron chi connectivity index (χ2n) is 7.99. The highest BCUT2D eigenvalue weighted by atomic mass is 32.2. The second kappa shape index (κ2) is 8.33. The quantitative estimate of drug-likeness (QED) is 0.594. The Morgan fingerprint density at radius 1 is 1.13 bits per heavy atom. The maximum absolute atomic E-state index is 12.8. The highest BCUT2D eigenvalue weighted by Gasteiger charge is 2.25. The molecule has 0 spiro atoms. The van der Waals surface area contributed by atoms with Crippen LogP contribution in [0.1, 0.15) is 47.5 Å². The molecule has 3 rings (SSSR count). The summed E-state index contributed by atoms with van der Waals surface area (Å²) in [7, 11) is -3.72. The lowest BCUT2D eigenvalue weighted by molar-refractivity contribution is 0.0953. The number of aryl methyl sites for hydroxylation is 2. The predicted molar refractivity (Wildman–Crippen MR) is 117 cm³/mol. The van der Waals surface area contributed by atoms with Gasteiger partial charge in [0, 0.05) is 12.1 Å². The summed E-state index contributed by atoms with van der Waals surface area (Å²) in [5.41, 5.74) is 0.485. The average molecular weight is 448 g/mol. The zero-order valence-corrected chi connectivity index (χ0v) is 19.2. The molecule has 0 aliphatic heterocycles. The van der Waals surface area contributed by atoms with Crippen LogP contribution in [0.3, 0.4) is 0 Å². The van der Waals surface area contributed by atoms with Crippen molar-refractivity contribution in [3.05, 3.63) is 58.3 Å². The Morgan fingerprint density at radius 2 is 1.83 bits per heavy atom. The van der Waals surface area contributed by atoms with Crippen molar-refractivity contribution in [1.82, 2.24) is 15.0 Å². The molecule has 160 valence electrons. The van der Waals surface area contributed by atoms with E-state index in [0.29, 0.717) is 26.9 Å². The van der Waals surface area contributed by atoms with Crippen molar-refractivity contribution in [1.29, 1.82) is 0 Å². The van der Waals surface area contributed by atoms with E-state index in [2.05, 4.69) is 15.0 Å². The van der Waals surface area contributed by atoms with Crippen molar-refractivity contribution in [2.45, 2.75) is 51.6 Å². The number of nitrogens with zero attached hydrogens (tertiary/aromatic N) is 1. The number of hydrogen-bond acceptors (Lipinski definition) is 6. The largest absolute Gasteiger partial charge is 0.459 e. The number of aromatic nitrogens is 1. The van der Waals surface area contributed by atoms with Crippen LogP contribution in [0.2, 0.25) is 0 Å². The Balaban J connectivity index is 1.79. The Labute approximate surface area is 180 Å². The van der Waals surface area contributed by atoms with Crippen LogP contribution in [0, 0.1) is 13.8 Å². The summed E-state index contributed by atoms with van der Waals surface area (Å²) in [5, 5.41) is 3.44. The molecule has 0 aliphatic rings. The monoisotopic (exact) mass is 447 g/mol. The average Bonchev–Trinajstić information content (AvgIpc) is 3.23. The number of benzene rings is 1. The summed E-state index contributed by atoms with van der Waals surface area (Å²) in [4.78, 5) is 17.8. The zero-order valence-electron chi connectivity index (χ0n) is 17.6. The molecule has 0 fully saturated rings. The van der Waals surface area contributed by atoms with Crippen molar-refractivity contribution >= 4 is 27.3 Å². The van der Waals surface area contributed by atoms with Crippen LogP contribution in [0.15, 0.2) is 45.7 Å². The number of amides is 1. The Hall–Kier alpha value is -2.49. The number of carbonyl (C=O) groups is 1. The van der Waals surface area contributed by atoms with E-state index in [1.54, 1.807) is 45.9 Å². The molecule has 0 aliphatic carbocycles. The lowest BCUT2D eigenvalue weighted by Crippen LogP contribution is -2.41. The molecular formula is C21H25N3O4S2. The van der Waals surface area contributed by atoms with Gasteiger partial charge in [-0.3, -0.25) is 4.79 Å². The molecule has 7 nitrogen and oxygen atoms in total. The van der Waals surface area contributed by atoms with Gasteiger partial charge in [0.05, 0.1) is 10.6 Å². The first-order valence-electron chi connectivity index (χ1n) is 9.40. The van der Waals surface area contributed by atoms with Crippen LogP contribution in [0.4, 0.5) is 0 Å². The Bertz CT molecular complexity index is 1170. The van der Waals surface area contributed by atoms with Crippen molar-refractivity contribution in [2.75, 3.05) is 0 Å². The van der Waals surface area contributed by atoms with Gasteiger partial charge in [0.1, 0.15) is 10.6 Å². The fourth-order valence-electron chi connectivity index (χ4n) is 2.89. The third-order valence-electron chi connectivity index (χ3n) is 4.10. The van der Waals surface area contributed by atoms with E-state index >= 15 is 0 Å². The van der Waals surface area contributed by atoms with Crippen LogP contribution < -0.4 is 10.0 Å². The molecule has 0 unspecified atom stereocenters. The Kier molecular flexibility index (Phi) is 6.16. The summed E-state index contributed by atoms with van der Waals surface area (Å²) < 4.78 is 33.7. The summed E-state index contributed by atoms with van der Waals surface area (Å²) in [6, 6.07) is 10.3. The van der Waals surface area contributed by atoms with Crippen molar-refractivity contribution < 1.29 is 17.6 Å². The molecule has 30 heavy (non-hydrogen) atoms. The van der Waals surface area contributed by atoms with Gasteiger partial charge < -0.3 is 9.73 Å². The first-order chi connectivity index (χ1) is 14.0. The highest BCUT2D eigenvalue weighted by molar-refractivity contribution is 7.89. The normalized spacial score (nSPS) is 12.2. The van der Waals surface area contributed by atoms with Gasteiger partial charge in [0.25, 0.3) is 5.91 Å². The fraction of sp³-hybridized carbons (Fsp3) is 0.333. The smallest absolute Gasteiger partial charge is 0.263 e. The van der Waals surface area contributed by atoms with Gasteiger partial charge in [-0.1, -0.05) is 18.2 Å². The third-order valence-corrected chi connectivity index (χ3v) is 7.13. The minimum absolute atomic E-state index is 0.0760. The number of sulfonamides is 1. The number of furan rings is 1. The molecule has 2 heterocycles. The van der Waals surface area contributed by atoms with Crippen LogP contribution in [-0.4, -0.2) is 24.8 Å². The van der Waals surface area contributed by atoms with Crippen molar-refractivity contribution in [2.24, 2.45) is 0 Å². The number of nitrogens with one attached hydrogen (secondary N) is 2. The van der Waals surface area contributed by atoms with Crippen LogP contribution in [0.25, 0.3) is 10.8 Å². The molecular weight excluding hydrogens is 422 g/mol. The topological polar surface area (TPSA) is 101 Å². The fourth-order valence-corrected chi connectivity index (χ4v) is 5.49. The number of hydrogen-bond donors (Lipinski definition) is 2. The van der Waals surface area contributed by atoms with E-state index in [-0.39, 0.29) is 17.3 Å². The minimum atomic E-state index is -3.72. The van der Waals surface area contributed by atoms with E-state index in [4.69, 9.17) is 4.42 Å². The SMILES string of the molecule is Cc1ccc(-c2nc(C)c(C(=O)NCc3ccccc3S(=O)(=O)NC(C)(C)C)s2)o1. The number of thiazole rings is 1. The van der Waals surface area contributed by atoms with Gasteiger partial charge in [-0.25, -0.2) is 18.1 Å². The highest BCUT2D eigenvalue weighted by Crippen LogP contribution is 2.29. The third kappa shape index (κ3) is 5.16. The summed E-state index contributed by atoms with van der Waals surface area (Å²) >= 11 is 1.24. The molecule has 0 radical (unpaired) electrons. The standard InChI is InChI=1S/C21H25N3O4S2/c1-13-10-11-16(28-13)20-23-14(2)18(29-20)19(25)22-12-15-8-6-7-9-17(15)30(26,27)24-21(3,4)5/h6-11,24H,12H2,1-5H3,(H,22,25). The van der Waals surface area contributed by atoms with Crippen LogP contribution >= 0.6 is 11.3 Å². The van der Waals surface area contributed by atoms with Crippen LogP contribution in [0.5, 0.6) is 0 Å². The molecule has 0 bridgehead atoms. The lowest BCUT2D eigenvalue weighted by atomic mass is 10.1. The molecule has 1 aromatic carbocycles. The number of carbonyl (C=O) groups excluding carboxylic acids is 1. The molecule has 1 amide bonds. The second-order valence-corrected chi connectivity index (χ2v) is 10.6. The lowest BCUT2D eigenvalue weighted by Gasteiger charge is -2.21. The summed E-state index contributed by atoms with van der Waals surface area (Å²) in [5.74, 6) is 1.07. The van der Waals surface area contributed by atoms with Crippen molar-refractivity contribution in [3.63, 3.8) is 0 Å². The Morgan fingerprint density at radius 3 is 2.47 bits per heavy atom. The van der Waals surface area contributed by atoms with Crippen LogP contribution in [-0.2, 0) is 16.6 Å². The van der Waals surface area contributed by atoms with Crippen molar-refractivity contribution in [3.8, 4) is 10.8 Å².